The summed E-state index contributed by atoms with van der Waals surface area (Å²) in [4.78, 5) is 10.6. The number of para-hydroxylation sites is 1. The van der Waals surface area contributed by atoms with Crippen LogP contribution in [0.15, 0.2) is 36.4 Å². The zero-order chi connectivity index (χ0) is 15.8. The molecular formula is C19H21N3O. The fourth-order valence-corrected chi connectivity index (χ4v) is 3.21. The lowest BCUT2D eigenvalue weighted by Crippen LogP contribution is -2.36. The molecule has 1 N–H and O–H groups in total. The minimum atomic E-state index is 0.799. The van der Waals surface area contributed by atoms with Crippen LogP contribution in [0.5, 0.6) is 0 Å². The molecule has 0 unspecified atom stereocenters. The number of aromatic nitrogens is 2. The van der Waals surface area contributed by atoms with Gasteiger partial charge in [-0.3, -0.25) is 0 Å². The standard InChI is InChI=1S/C19H21N3O/c1-13-6-7-15(12-17(13)22-8-10-23-11-9-22)19-20-16-5-3-4-14(2)18(16)21-19/h3-7,12H,8-11H2,1-2H3,(H,20,21). The molecule has 3 aromatic rings. The molecule has 0 atom stereocenters. The third kappa shape index (κ3) is 2.59. The summed E-state index contributed by atoms with van der Waals surface area (Å²) in [6.07, 6.45) is 0. The van der Waals surface area contributed by atoms with Gasteiger partial charge in [-0.2, -0.15) is 0 Å². The number of benzene rings is 2. The molecule has 1 aliphatic heterocycles. The van der Waals surface area contributed by atoms with Gasteiger partial charge in [-0.25, -0.2) is 4.98 Å². The minimum absolute atomic E-state index is 0.799. The van der Waals surface area contributed by atoms with E-state index >= 15 is 0 Å². The number of hydrogen-bond donors (Lipinski definition) is 1. The Morgan fingerprint density at radius 3 is 2.65 bits per heavy atom. The molecule has 0 radical (unpaired) electrons. The fraction of sp³-hybridized carbons (Fsp3) is 0.316. The Morgan fingerprint density at radius 2 is 1.87 bits per heavy atom. The number of aromatic amines is 1. The van der Waals surface area contributed by atoms with Crippen LogP contribution in [-0.2, 0) is 4.74 Å². The first-order valence-electron chi connectivity index (χ1n) is 8.11. The van der Waals surface area contributed by atoms with Crippen molar-refractivity contribution in [2.24, 2.45) is 0 Å². The first kappa shape index (κ1) is 14.3. The summed E-state index contributed by atoms with van der Waals surface area (Å²) in [7, 11) is 0. The highest BCUT2D eigenvalue weighted by atomic mass is 16.5. The highest BCUT2D eigenvalue weighted by Crippen LogP contribution is 2.29. The van der Waals surface area contributed by atoms with Crippen LogP contribution in [0.25, 0.3) is 22.4 Å². The highest BCUT2D eigenvalue weighted by molar-refractivity contribution is 5.82. The van der Waals surface area contributed by atoms with Gasteiger partial charge in [0.1, 0.15) is 5.82 Å². The Labute approximate surface area is 136 Å². The molecule has 23 heavy (non-hydrogen) atoms. The van der Waals surface area contributed by atoms with E-state index in [1.54, 1.807) is 0 Å². The van der Waals surface area contributed by atoms with Gasteiger partial charge in [-0.15, -0.1) is 0 Å². The maximum Gasteiger partial charge on any atom is 0.138 e. The number of ether oxygens (including phenoxy) is 1. The molecule has 4 heteroatoms. The van der Waals surface area contributed by atoms with E-state index in [4.69, 9.17) is 9.72 Å². The van der Waals surface area contributed by atoms with Crippen molar-refractivity contribution in [3.8, 4) is 11.4 Å². The van der Waals surface area contributed by atoms with E-state index in [-0.39, 0.29) is 0 Å². The Bertz CT molecular complexity index is 847. The number of nitrogens with one attached hydrogen (secondary N) is 1. The summed E-state index contributed by atoms with van der Waals surface area (Å²) in [5.41, 5.74) is 7.05. The van der Waals surface area contributed by atoms with Crippen LogP contribution in [0.3, 0.4) is 0 Å². The highest BCUT2D eigenvalue weighted by Gasteiger charge is 2.15. The number of imidazole rings is 1. The number of anilines is 1. The first-order chi connectivity index (χ1) is 11.2. The van der Waals surface area contributed by atoms with E-state index in [1.807, 2.05) is 0 Å². The van der Waals surface area contributed by atoms with E-state index in [0.717, 1.165) is 48.7 Å². The van der Waals surface area contributed by atoms with E-state index in [0.29, 0.717) is 0 Å². The van der Waals surface area contributed by atoms with Crippen molar-refractivity contribution in [2.75, 3.05) is 31.2 Å². The minimum Gasteiger partial charge on any atom is -0.378 e. The van der Waals surface area contributed by atoms with Crippen LogP contribution < -0.4 is 4.90 Å². The molecule has 2 heterocycles. The number of aryl methyl sites for hydroxylation is 2. The van der Waals surface area contributed by atoms with E-state index in [2.05, 4.69) is 60.1 Å². The lowest BCUT2D eigenvalue weighted by Gasteiger charge is -2.30. The van der Waals surface area contributed by atoms with Gasteiger partial charge in [0, 0.05) is 24.3 Å². The maximum atomic E-state index is 5.47. The molecule has 0 aliphatic carbocycles. The average molecular weight is 307 g/mol. The molecule has 0 saturated carbocycles. The molecular weight excluding hydrogens is 286 g/mol. The van der Waals surface area contributed by atoms with Crippen molar-refractivity contribution in [3.05, 3.63) is 47.5 Å². The second-order valence-electron chi connectivity index (χ2n) is 6.16. The third-order valence-electron chi connectivity index (χ3n) is 4.55. The summed E-state index contributed by atoms with van der Waals surface area (Å²) < 4.78 is 5.47. The van der Waals surface area contributed by atoms with Gasteiger partial charge in [-0.1, -0.05) is 24.3 Å². The van der Waals surface area contributed by atoms with Gasteiger partial charge < -0.3 is 14.6 Å². The third-order valence-corrected chi connectivity index (χ3v) is 4.55. The molecule has 1 saturated heterocycles. The molecule has 0 spiro atoms. The van der Waals surface area contributed by atoms with Gasteiger partial charge in [0.05, 0.1) is 24.2 Å². The quantitative estimate of drug-likeness (QED) is 0.785. The molecule has 2 aromatic carbocycles. The maximum absolute atomic E-state index is 5.47. The monoisotopic (exact) mass is 307 g/mol. The van der Waals surface area contributed by atoms with Crippen LogP contribution in [-0.4, -0.2) is 36.3 Å². The zero-order valence-electron chi connectivity index (χ0n) is 13.6. The average Bonchev–Trinajstić information content (AvgIpc) is 3.02. The van der Waals surface area contributed by atoms with Crippen molar-refractivity contribution in [2.45, 2.75) is 13.8 Å². The topological polar surface area (TPSA) is 41.2 Å². The lowest BCUT2D eigenvalue weighted by molar-refractivity contribution is 0.122. The normalized spacial score (nSPS) is 15.3. The second kappa shape index (κ2) is 5.70. The van der Waals surface area contributed by atoms with Crippen LogP contribution in [0.4, 0.5) is 5.69 Å². The molecule has 1 aliphatic rings. The smallest absolute Gasteiger partial charge is 0.138 e. The van der Waals surface area contributed by atoms with E-state index in [9.17, 15) is 0 Å². The molecule has 0 amide bonds. The summed E-state index contributed by atoms with van der Waals surface area (Å²) in [5.74, 6) is 0.934. The molecule has 4 nitrogen and oxygen atoms in total. The summed E-state index contributed by atoms with van der Waals surface area (Å²) >= 11 is 0. The largest absolute Gasteiger partial charge is 0.378 e. The number of hydrogen-bond acceptors (Lipinski definition) is 3. The number of nitrogens with zero attached hydrogens (tertiary/aromatic N) is 2. The predicted molar refractivity (Wildman–Crippen MR) is 94.0 cm³/mol. The molecule has 1 aromatic heterocycles. The Kier molecular flexibility index (Phi) is 3.54. The van der Waals surface area contributed by atoms with Gasteiger partial charge in [-0.05, 0) is 37.1 Å². The summed E-state index contributed by atoms with van der Waals surface area (Å²) in [5, 5.41) is 0. The van der Waals surface area contributed by atoms with Crippen molar-refractivity contribution in [1.82, 2.24) is 9.97 Å². The Balaban J connectivity index is 1.77. The predicted octanol–water partition coefficient (Wildman–Crippen LogP) is 3.68. The Morgan fingerprint density at radius 1 is 1.04 bits per heavy atom. The molecule has 0 bridgehead atoms. The number of H-pyrrole nitrogens is 1. The van der Waals surface area contributed by atoms with Crippen molar-refractivity contribution < 1.29 is 4.74 Å². The summed E-state index contributed by atoms with van der Waals surface area (Å²) in [6.45, 7) is 7.76. The van der Waals surface area contributed by atoms with Crippen molar-refractivity contribution in [1.29, 1.82) is 0 Å². The van der Waals surface area contributed by atoms with Crippen molar-refractivity contribution in [3.63, 3.8) is 0 Å². The Hall–Kier alpha value is -2.33. The first-order valence-corrected chi connectivity index (χ1v) is 8.11. The van der Waals surface area contributed by atoms with E-state index in [1.165, 1.54) is 16.8 Å². The molecule has 1 fully saturated rings. The molecule has 4 rings (SSSR count). The number of morpholine rings is 1. The van der Waals surface area contributed by atoms with Crippen LogP contribution in [0.1, 0.15) is 11.1 Å². The SMILES string of the molecule is Cc1ccc(-c2nc3c(C)cccc3[nH]2)cc1N1CCOCC1. The number of fused-ring (bicyclic) bond motifs is 1. The van der Waals surface area contributed by atoms with E-state index < -0.39 is 0 Å². The molecule has 118 valence electrons. The number of rotatable bonds is 2. The fourth-order valence-electron chi connectivity index (χ4n) is 3.21. The lowest BCUT2D eigenvalue weighted by atomic mass is 10.1. The van der Waals surface area contributed by atoms with Gasteiger partial charge in [0.2, 0.25) is 0 Å². The second-order valence-corrected chi connectivity index (χ2v) is 6.16. The van der Waals surface area contributed by atoms with Crippen LogP contribution in [0.2, 0.25) is 0 Å². The van der Waals surface area contributed by atoms with Crippen LogP contribution in [0, 0.1) is 13.8 Å². The summed E-state index contributed by atoms with van der Waals surface area (Å²) in [6, 6.07) is 12.8. The zero-order valence-corrected chi connectivity index (χ0v) is 13.6. The van der Waals surface area contributed by atoms with Gasteiger partial charge >= 0.3 is 0 Å². The van der Waals surface area contributed by atoms with Crippen molar-refractivity contribution >= 4 is 16.7 Å². The van der Waals surface area contributed by atoms with Gasteiger partial charge in [0.25, 0.3) is 0 Å². The van der Waals surface area contributed by atoms with Crippen LogP contribution >= 0.6 is 0 Å². The van der Waals surface area contributed by atoms with Gasteiger partial charge in [0.15, 0.2) is 0 Å².